The Kier molecular flexibility index (Phi) is 5.84. The van der Waals surface area contributed by atoms with Crippen molar-refractivity contribution in [2.24, 2.45) is 11.7 Å². The molecule has 118 valence electrons. The fourth-order valence-electron chi connectivity index (χ4n) is 3.57. The van der Waals surface area contributed by atoms with Crippen LogP contribution in [0.1, 0.15) is 51.4 Å². The quantitative estimate of drug-likeness (QED) is 0.857. The highest BCUT2D eigenvalue weighted by Gasteiger charge is 2.36. The summed E-state index contributed by atoms with van der Waals surface area (Å²) in [5.74, 6) is 0.315. The van der Waals surface area contributed by atoms with Gasteiger partial charge >= 0.3 is 0 Å². The molecule has 0 aromatic rings. The van der Waals surface area contributed by atoms with Crippen LogP contribution >= 0.6 is 0 Å². The molecule has 1 aliphatic heterocycles. The van der Waals surface area contributed by atoms with Crippen molar-refractivity contribution < 1.29 is 8.42 Å². The van der Waals surface area contributed by atoms with Gasteiger partial charge in [0, 0.05) is 26.2 Å². The van der Waals surface area contributed by atoms with E-state index in [4.69, 9.17) is 5.73 Å². The Morgan fingerprint density at radius 3 is 2.25 bits per heavy atom. The van der Waals surface area contributed by atoms with Crippen molar-refractivity contribution in [1.29, 1.82) is 0 Å². The van der Waals surface area contributed by atoms with Crippen molar-refractivity contribution in [2.75, 3.05) is 26.7 Å². The molecule has 2 atom stereocenters. The highest BCUT2D eigenvalue weighted by molar-refractivity contribution is 7.86. The van der Waals surface area contributed by atoms with Crippen LogP contribution < -0.4 is 5.73 Å². The van der Waals surface area contributed by atoms with Crippen LogP contribution in [0.15, 0.2) is 0 Å². The first-order valence-corrected chi connectivity index (χ1v) is 9.40. The third-order valence-electron chi connectivity index (χ3n) is 4.89. The minimum absolute atomic E-state index is 0.0852. The van der Waals surface area contributed by atoms with Crippen LogP contribution in [0.2, 0.25) is 0 Å². The fraction of sp³-hybridized carbons (Fsp3) is 1.00. The molecular weight excluding hydrogens is 274 g/mol. The molecule has 0 amide bonds. The van der Waals surface area contributed by atoms with Gasteiger partial charge in [-0.25, -0.2) is 0 Å². The predicted molar refractivity (Wildman–Crippen MR) is 81.5 cm³/mol. The van der Waals surface area contributed by atoms with Crippen LogP contribution in [0.4, 0.5) is 0 Å². The first kappa shape index (κ1) is 16.2. The predicted octanol–water partition coefficient (Wildman–Crippen LogP) is 1.56. The SMILES string of the molecule is CN(C1CCCCC1CN)S(=O)(=O)N1CCCCCC1. The van der Waals surface area contributed by atoms with Crippen LogP contribution in [0.25, 0.3) is 0 Å². The molecule has 1 saturated heterocycles. The van der Waals surface area contributed by atoms with E-state index in [0.29, 0.717) is 25.6 Å². The van der Waals surface area contributed by atoms with E-state index in [0.717, 1.165) is 44.9 Å². The Labute approximate surface area is 123 Å². The summed E-state index contributed by atoms with van der Waals surface area (Å²) in [6.45, 7) is 1.93. The Hall–Kier alpha value is -0.170. The highest BCUT2D eigenvalue weighted by atomic mass is 32.2. The third kappa shape index (κ3) is 3.53. The van der Waals surface area contributed by atoms with Crippen LogP contribution in [-0.2, 0) is 10.2 Å². The second-order valence-corrected chi connectivity index (χ2v) is 8.17. The largest absolute Gasteiger partial charge is 0.330 e. The molecule has 2 N–H and O–H groups in total. The van der Waals surface area contributed by atoms with E-state index >= 15 is 0 Å². The molecule has 2 fully saturated rings. The molecule has 1 heterocycles. The molecule has 0 aromatic carbocycles. The smallest absolute Gasteiger partial charge is 0.281 e. The van der Waals surface area contributed by atoms with E-state index < -0.39 is 10.2 Å². The number of hydrogen-bond acceptors (Lipinski definition) is 3. The van der Waals surface area contributed by atoms with Crippen LogP contribution in [0.3, 0.4) is 0 Å². The van der Waals surface area contributed by atoms with E-state index in [1.807, 2.05) is 0 Å². The number of hydrogen-bond donors (Lipinski definition) is 1. The molecule has 2 rings (SSSR count). The average molecular weight is 303 g/mol. The molecule has 1 aliphatic carbocycles. The summed E-state index contributed by atoms with van der Waals surface area (Å²) in [7, 11) is -1.57. The maximum Gasteiger partial charge on any atom is 0.281 e. The van der Waals surface area contributed by atoms with Crippen molar-refractivity contribution in [3.05, 3.63) is 0 Å². The highest BCUT2D eigenvalue weighted by Crippen LogP contribution is 2.30. The summed E-state index contributed by atoms with van der Waals surface area (Å²) in [6.07, 6.45) is 8.55. The Bertz CT molecular complexity index is 391. The molecule has 0 bridgehead atoms. The number of nitrogens with two attached hydrogens (primary N) is 1. The molecule has 1 saturated carbocycles. The van der Waals surface area contributed by atoms with E-state index in [2.05, 4.69) is 0 Å². The topological polar surface area (TPSA) is 66.6 Å². The van der Waals surface area contributed by atoms with Crippen molar-refractivity contribution in [2.45, 2.75) is 57.4 Å². The zero-order chi connectivity index (χ0) is 14.6. The lowest BCUT2D eigenvalue weighted by Gasteiger charge is -2.38. The third-order valence-corrected chi connectivity index (χ3v) is 6.91. The van der Waals surface area contributed by atoms with Gasteiger partial charge in [-0.15, -0.1) is 0 Å². The van der Waals surface area contributed by atoms with Gasteiger partial charge in [0.05, 0.1) is 0 Å². The fourth-order valence-corrected chi connectivity index (χ4v) is 5.27. The summed E-state index contributed by atoms with van der Waals surface area (Å²) < 4.78 is 28.9. The first-order valence-electron chi connectivity index (χ1n) is 8.00. The molecule has 2 aliphatic rings. The Morgan fingerprint density at radius 2 is 1.65 bits per heavy atom. The van der Waals surface area contributed by atoms with E-state index in [1.165, 1.54) is 6.42 Å². The Balaban J connectivity index is 2.10. The molecule has 20 heavy (non-hydrogen) atoms. The first-order chi connectivity index (χ1) is 9.57. The normalized spacial score (nSPS) is 30.4. The van der Waals surface area contributed by atoms with Crippen molar-refractivity contribution >= 4 is 10.2 Å². The molecule has 0 radical (unpaired) electrons. The minimum atomic E-state index is -3.32. The van der Waals surface area contributed by atoms with E-state index in [-0.39, 0.29) is 6.04 Å². The van der Waals surface area contributed by atoms with Crippen LogP contribution in [0, 0.1) is 5.92 Å². The average Bonchev–Trinajstić information content (AvgIpc) is 2.76. The van der Waals surface area contributed by atoms with Gasteiger partial charge in [-0.3, -0.25) is 0 Å². The zero-order valence-electron chi connectivity index (χ0n) is 12.6. The summed E-state index contributed by atoms with van der Waals surface area (Å²) in [5, 5.41) is 0. The summed E-state index contributed by atoms with van der Waals surface area (Å²) >= 11 is 0. The van der Waals surface area contributed by atoms with E-state index in [9.17, 15) is 8.42 Å². The second kappa shape index (κ2) is 7.20. The lowest BCUT2D eigenvalue weighted by Crippen LogP contribution is -2.51. The number of rotatable bonds is 4. The maximum absolute atomic E-state index is 12.8. The molecule has 6 heteroatoms. The van der Waals surface area contributed by atoms with Gasteiger partial charge in [0.15, 0.2) is 0 Å². The summed E-state index contributed by atoms with van der Waals surface area (Å²) in [5.41, 5.74) is 5.84. The molecule has 0 spiro atoms. The molecule has 0 aromatic heterocycles. The van der Waals surface area contributed by atoms with Gasteiger partial charge in [0.25, 0.3) is 10.2 Å². The van der Waals surface area contributed by atoms with Gasteiger partial charge in [-0.1, -0.05) is 25.7 Å². The van der Waals surface area contributed by atoms with E-state index in [1.54, 1.807) is 15.7 Å². The monoisotopic (exact) mass is 303 g/mol. The maximum atomic E-state index is 12.8. The standard InChI is InChI=1S/C14H29N3O2S/c1-16(14-9-5-4-8-13(14)12-15)20(18,19)17-10-6-2-3-7-11-17/h13-14H,2-12,15H2,1H3. The van der Waals surface area contributed by atoms with Gasteiger partial charge in [0.2, 0.25) is 0 Å². The van der Waals surface area contributed by atoms with Crippen molar-refractivity contribution in [3.63, 3.8) is 0 Å². The van der Waals surface area contributed by atoms with Gasteiger partial charge in [-0.2, -0.15) is 17.0 Å². The van der Waals surface area contributed by atoms with Crippen molar-refractivity contribution in [3.8, 4) is 0 Å². The van der Waals surface area contributed by atoms with Crippen molar-refractivity contribution in [1.82, 2.24) is 8.61 Å². The Morgan fingerprint density at radius 1 is 1.05 bits per heavy atom. The summed E-state index contributed by atoms with van der Waals surface area (Å²) in [4.78, 5) is 0. The van der Waals surface area contributed by atoms with Crippen LogP contribution in [0.5, 0.6) is 0 Å². The van der Waals surface area contributed by atoms with Crippen LogP contribution in [-0.4, -0.2) is 49.8 Å². The molecule has 5 nitrogen and oxygen atoms in total. The molecule has 2 unspecified atom stereocenters. The van der Waals surface area contributed by atoms with Gasteiger partial charge in [0.1, 0.15) is 0 Å². The molecular formula is C14H29N3O2S. The number of nitrogens with zero attached hydrogens (tertiary/aromatic N) is 2. The second-order valence-electron chi connectivity index (χ2n) is 6.18. The lowest BCUT2D eigenvalue weighted by atomic mass is 9.85. The zero-order valence-corrected chi connectivity index (χ0v) is 13.4. The lowest BCUT2D eigenvalue weighted by molar-refractivity contribution is 0.194. The summed E-state index contributed by atoms with van der Waals surface area (Å²) in [6, 6.07) is 0.0852. The van der Waals surface area contributed by atoms with Gasteiger partial charge < -0.3 is 5.73 Å². The minimum Gasteiger partial charge on any atom is -0.330 e. The van der Waals surface area contributed by atoms with Gasteiger partial charge in [-0.05, 0) is 38.1 Å².